The van der Waals surface area contributed by atoms with E-state index >= 15 is 0 Å². The van der Waals surface area contributed by atoms with Crippen molar-refractivity contribution in [3.63, 3.8) is 0 Å². The minimum absolute atomic E-state index is 0.105. The second-order valence-electron chi connectivity index (χ2n) is 10.4. The molecule has 1 aliphatic heterocycles. The maximum Gasteiger partial charge on any atom is 0.450 e. The van der Waals surface area contributed by atoms with Crippen molar-refractivity contribution in [1.29, 1.82) is 0 Å². The molecule has 1 aromatic rings. The number of hydrogen-bond donors (Lipinski definition) is 2. The molecule has 0 aromatic heterocycles. The quantitative estimate of drug-likeness (QED) is 0.385. The summed E-state index contributed by atoms with van der Waals surface area (Å²) in [4.78, 5) is 12.0. The second-order valence-corrected chi connectivity index (χ2v) is 10.8. The van der Waals surface area contributed by atoms with Gasteiger partial charge in [-0.1, -0.05) is 56.7 Å². The molecule has 1 saturated carbocycles. The van der Waals surface area contributed by atoms with Crippen LogP contribution in [-0.4, -0.2) is 24.6 Å². The fraction of sp³-hybridized carbons (Fsp3) is 0.519. The largest absolute Gasteiger partial charge is 0.494 e. The third-order valence-corrected chi connectivity index (χ3v) is 6.63. The lowest BCUT2D eigenvalue weighted by atomic mass is 9.74. The minimum Gasteiger partial charge on any atom is -0.494 e. The number of hydrogen-bond acceptors (Lipinski definition) is 4. The average molecular weight is 511 g/mol. The van der Waals surface area contributed by atoms with Crippen molar-refractivity contribution in [3.05, 3.63) is 65.0 Å². The van der Waals surface area contributed by atoms with Crippen LogP contribution in [0.3, 0.4) is 0 Å². The van der Waals surface area contributed by atoms with Gasteiger partial charge in [-0.2, -0.15) is 13.2 Å². The molecule has 4 nitrogen and oxygen atoms in total. The zero-order valence-corrected chi connectivity index (χ0v) is 21.2. The van der Waals surface area contributed by atoms with Gasteiger partial charge in [0.05, 0.1) is 6.61 Å². The molecule has 0 radical (unpaired) electrons. The minimum atomic E-state index is -4.82. The topological polar surface area (TPSA) is 50.4 Å². The molecule has 0 saturated heterocycles. The van der Waals surface area contributed by atoms with Crippen LogP contribution >= 0.6 is 11.6 Å². The molecule has 0 bridgehead atoms. The van der Waals surface area contributed by atoms with Crippen LogP contribution in [0.25, 0.3) is 0 Å². The Kier molecular flexibility index (Phi) is 9.11. The number of carbonyl (C=O) groups is 1. The van der Waals surface area contributed by atoms with Gasteiger partial charge in [-0.3, -0.25) is 4.79 Å². The summed E-state index contributed by atoms with van der Waals surface area (Å²) in [5.41, 5.74) is 1.96. The van der Waals surface area contributed by atoms with E-state index in [1.807, 2.05) is 30.3 Å². The van der Waals surface area contributed by atoms with E-state index in [1.165, 1.54) is 0 Å². The van der Waals surface area contributed by atoms with Gasteiger partial charge < -0.3 is 15.4 Å². The lowest BCUT2D eigenvalue weighted by molar-refractivity contribution is -0.177. The van der Waals surface area contributed by atoms with E-state index in [1.54, 1.807) is 18.2 Å². The van der Waals surface area contributed by atoms with E-state index in [-0.39, 0.29) is 30.2 Å². The lowest BCUT2D eigenvalue weighted by Crippen LogP contribution is -2.46. The van der Waals surface area contributed by atoms with Crippen molar-refractivity contribution in [3.8, 4) is 5.75 Å². The monoisotopic (exact) mass is 510 g/mol. The number of carbonyl (C=O) groups excluding carboxylic acids is 1. The van der Waals surface area contributed by atoms with Gasteiger partial charge >= 0.3 is 6.18 Å². The van der Waals surface area contributed by atoms with Crippen LogP contribution in [0.1, 0.15) is 52.0 Å². The number of allylic oxidation sites excluding steroid dienone is 4. The van der Waals surface area contributed by atoms with E-state index < -0.39 is 17.9 Å². The van der Waals surface area contributed by atoms with Crippen LogP contribution in [0.4, 0.5) is 13.2 Å². The number of alkyl halides is 3. The number of benzene rings is 1. The Bertz CT molecular complexity index is 962. The molecule has 1 fully saturated rings. The van der Waals surface area contributed by atoms with Crippen LogP contribution in [0, 0.1) is 17.3 Å². The normalized spacial score (nSPS) is 23.1. The van der Waals surface area contributed by atoms with Gasteiger partial charge in [-0.15, -0.1) is 0 Å². The number of Topliss-reactive ketones (excluding diaryl/α,β-unsaturated/α-hetero) is 1. The summed E-state index contributed by atoms with van der Waals surface area (Å²) in [5.74, 6) is -2.21. The smallest absolute Gasteiger partial charge is 0.450 e. The molecule has 1 heterocycles. The number of nitrogens with one attached hydrogen (secondary N) is 2. The van der Waals surface area contributed by atoms with E-state index in [0.29, 0.717) is 30.4 Å². The van der Waals surface area contributed by atoms with Gasteiger partial charge in [-0.05, 0) is 60.9 Å². The van der Waals surface area contributed by atoms with E-state index in [9.17, 15) is 18.0 Å². The van der Waals surface area contributed by atoms with Crippen molar-refractivity contribution in [2.75, 3.05) is 6.61 Å². The SMILES string of the molecule is CC(C)(C)CCOc1ccc(CNC2CCC(C(=O)C(F)(F)F)CC2C2=CC=CC=C(Cl)N2)cc1. The van der Waals surface area contributed by atoms with Gasteiger partial charge in [0.25, 0.3) is 0 Å². The van der Waals surface area contributed by atoms with Crippen LogP contribution in [0.2, 0.25) is 0 Å². The van der Waals surface area contributed by atoms with Crippen LogP contribution in [-0.2, 0) is 11.3 Å². The van der Waals surface area contributed by atoms with Crippen molar-refractivity contribution in [2.24, 2.45) is 17.3 Å². The predicted molar refractivity (Wildman–Crippen MR) is 133 cm³/mol. The average Bonchev–Trinajstić information content (AvgIpc) is 3.01. The Morgan fingerprint density at radius 1 is 1.11 bits per heavy atom. The molecule has 3 atom stereocenters. The number of rotatable bonds is 8. The molecule has 3 unspecified atom stereocenters. The van der Waals surface area contributed by atoms with Gasteiger partial charge in [-0.25, -0.2) is 0 Å². The van der Waals surface area contributed by atoms with Crippen LogP contribution < -0.4 is 15.4 Å². The highest BCUT2D eigenvalue weighted by molar-refractivity contribution is 6.29. The number of halogens is 4. The summed E-state index contributed by atoms with van der Waals surface area (Å²) in [7, 11) is 0. The summed E-state index contributed by atoms with van der Waals surface area (Å²) in [6.07, 6.45) is 3.93. The summed E-state index contributed by atoms with van der Waals surface area (Å²) >= 11 is 6.18. The van der Waals surface area contributed by atoms with Gasteiger partial charge in [0.2, 0.25) is 5.78 Å². The molecular formula is C27H34ClF3N2O2. The van der Waals surface area contributed by atoms with Crippen LogP contribution in [0.5, 0.6) is 5.75 Å². The Balaban J connectivity index is 1.65. The van der Waals surface area contributed by atoms with Crippen LogP contribution in [0.15, 0.2) is 59.4 Å². The first-order valence-corrected chi connectivity index (χ1v) is 12.4. The molecule has 192 valence electrons. The highest BCUT2D eigenvalue weighted by Gasteiger charge is 2.46. The summed E-state index contributed by atoms with van der Waals surface area (Å²) in [6.45, 7) is 7.72. The summed E-state index contributed by atoms with van der Waals surface area (Å²) in [5, 5.41) is 6.97. The Hall–Kier alpha value is -2.25. The highest BCUT2D eigenvalue weighted by atomic mass is 35.5. The third kappa shape index (κ3) is 8.43. The summed E-state index contributed by atoms with van der Waals surface area (Å²) in [6, 6.07) is 7.73. The van der Waals surface area contributed by atoms with E-state index in [2.05, 4.69) is 31.4 Å². The molecular weight excluding hydrogens is 477 g/mol. The maximum absolute atomic E-state index is 13.1. The number of ketones is 1. The molecule has 35 heavy (non-hydrogen) atoms. The second kappa shape index (κ2) is 11.7. The van der Waals surface area contributed by atoms with Gasteiger partial charge in [0.15, 0.2) is 0 Å². The molecule has 1 aromatic carbocycles. The van der Waals surface area contributed by atoms with Crippen molar-refractivity contribution in [2.45, 2.75) is 65.2 Å². The van der Waals surface area contributed by atoms with Crippen molar-refractivity contribution in [1.82, 2.24) is 10.6 Å². The Morgan fingerprint density at radius 3 is 2.46 bits per heavy atom. The zero-order chi connectivity index (χ0) is 25.6. The van der Waals surface area contributed by atoms with E-state index in [0.717, 1.165) is 17.7 Å². The molecule has 0 amide bonds. The van der Waals surface area contributed by atoms with Crippen molar-refractivity contribution < 1.29 is 22.7 Å². The maximum atomic E-state index is 13.1. The first kappa shape index (κ1) is 27.3. The fourth-order valence-corrected chi connectivity index (χ4v) is 4.57. The van der Waals surface area contributed by atoms with E-state index in [4.69, 9.17) is 16.3 Å². The molecule has 1 aliphatic carbocycles. The van der Waals surface area contributed by atoms with Gasteiger partial charge in [0, 0.05) is 30.1 Å². The first-order chi connectivity index (χ1) is 16.4. The molecule has 2 aliphatic rings. The molecule has 2 N–H and O–H groups in total. The number of ether oxygens (including phenoxy) is 1. The molecule has 3 rings (SSSR count). The Morgan fingerprint density at radius 2 is 1.80 bits per heavy atom. The zero-order valence-electron chi connectivity index (χ0n) is 20.4. The Labute approximate surface area is 210 Å². The van der Waals surface area contributed by atoms with Gasteiger partial charge in [0.1, 0.15) is 10.9 Å². The predicted octanol–water partition coefficient (Wildman–Crippen LogP) is 6.63. The molecule has 0 spiro atoms. The summed E-state index contributed by atoms with van der Waals surface area (Å²) < 4.78 is 45.2. The highest BCUT2D eigenvalue weighted by Crippen LogP contribution is 2.38. The third-order valence-electron chi connectivity index (χ3n) is 6.41. The lowest BCUT2D eigenvalue weighted by Gasteiger charge is -2.38. The first-order valence-electron chi connectivity index (χ1n) is 12.0. The standard InChI is InChI=1S/C27H34ClF3N2O2/c1-26(2,3)14-15-35-20-11-8-18(9-12-20)17-32-22-13-10-19(25(34)27(29,30)31)16-21(22)23-6-4-5-7-24(28)33-23/h4-9,11-12,19,21-22,32-33H,10,13-17H2,1-3H3. The fourth-order valence-electron chi connectivity index (χ4n) is 4.39. The van der Waals surface area contributed by atoms with Crippen molar-refractivity contribution >= 4 is 17.4 Å². The molecule has 8 heteroatoms.